The highest BCUT2D eigenvalue weighted by Crippen LogP contribution is 2.42. The topological polar surface area (TPSA) is 58.6 Å². The first-order valence-electron chi connectivity index (χ1n) is 10.1. The Balaban J connectivity index is 1.72. The molecule has 6 heteroatoms. The average molecular weight is 445 g/mol. The van der Waals surface area contributed by atoms with Crippen LogP contribution in [0.4, 0.5) is 11.4 Å². The molecule has 0 spiro atoms. The molecule has 4 rings (SSSR count). The summed E-state index contributed by atoms with van der Waals surface area (Å²) in [6.45, 7) is 1.98. The summed E-state index contributed by atoms with van der Waals surface area (Å²) in [4.78, 5) is 27.6. The number of nitrogens with zero attached hydrogens (tertiary/aromatic N) is 1. The Bertz CT molecular complexity index is 1240. The summed E-state index contributed by atoms with van der Waals surface area (Å²) in [6, 6.07) is 19.5. The number of hydrogen-bond acceptors (Lipinski definition) is 3. The van der Waals surface area contributed by atoms with Gasteiger partial charge in [-0.15, -0.1) is 17.5 Å². The van der Waals surface area contributed by atoms with Gasteiger partial charge in [-0.25, -0.2) is 0 Å². The van der Waals surface area contributed by atoms with Crippen LogP contribution in [0.5, 0.6) is 5.75 Å². The number of fused-ring (bicyclic) bond motifs is 2. The summed E-state index contributed by atoms with van der Waals surface area (Å²) in [5.74, 6) is 6.09. The Hall–Kier alpha value is -3.75. The van der Waals surface area contributed by atoms with Crippen molar-refractivity contribution in [3.05, 3.63) is 89.0 Å². The zero-order chi connectivity index (χ0) is 22.7. The molecule has 0 saturated heterocycles. The second-order valence-corrected chi connectivity index (χ2v) is 7.66. The zero-order valence-corrected chi connectivity index (χ0v) is 18.4. The Morgan fingerprint density at radius 1 is 1.09 bits per heavy atom. The molecular weight excluding hydrogens is 424 g/mol. The molecule has 0 aliphatic carbocycles. The highest BCUT2D eigenvalue weighted by molar-refractivity contribution is 6.25. The standard InChI is InChI=1S/C26H21ClN2O3/c1-3-4-15-29-23-14-11-18(28-25(30)17-9-12-19(32-2)13-10-17)16-22(23)24(27)20-7-5-6-8-21(20)26(29)31/h5-14,16,24H,15H2,1-2H3,(H,28,30). The van der Waals surface area contributed by atoms with Crippen molar-refractivity contribution in [2.45, 2.75) is 12.3 Å². The van der Waals surface area contributed by atoms with Gasteiger partial charge in [0.15, 0.2) is 0 Å². The summed E-state index contributed by atoms with van der Waals surface area (Å²) >= 11 is 6.86. The van der Waals surface area contributed by atoms with Gasteiger partial charge in [-0.3, -0.25) is 14.5 Å². The molecule has 0 aromatic heterocycles. The van der Waals surface area contributed by atoms with Crippen molar-refractivity contribution < 1.29 is 14.3 Å². The summed E-state index contributed by atoms with van der Waals surface area (Å²) in [7, 11) is 1.58. The molecule has 0 radical (unpaired) electrons. The molecule has 3 aromatic rings. The van der Waals surface area contributed by atoms with Gasteiger partial charge in [0.1, 0.15) is 5.75 Å². The molecule has 32 heavy (non-hydrogen) atoms. The number of rotatable bonds is 4. The van der Waals surface area contributed by atoms with Crippen molar-refractivity contribution in [2.75, 3.05) is 23.9 Å². The Labute approximate surface area is 192 Å². The highest BCUT2D eigenvalue weighted by atomic mass is 35.5. The average Bonchev–Trinajstić information content (AvgIpc) is 2.91. The van der Waals surface area contributed by atoms with E-state index >= 15 is 0 Å². The number of carbonyl (C=O) groups is 2. The fraction of sp³-hybridized carbons (Fsp3) is 0.154. The van der Waals surface area contributed by atoms with E-state index in [1.807, 2.05) is 24.3 Å². The number of amides is 2. The molecule has 1 atom stereocenters. The van der Waals surface area contributed by atoms with Crippen LogP contribution in [0.15, 0.2) is 66.7 Å². The minimum absolute atomic E-state index is 0.150. The molecule has 160 valence electrons. The molecular formula is C26H21ClN2O3. The lowest BCUT2D eigenvalue weighted by Gasteiger charge is -2.22. The summed E-state index contributed by atoms with van der Waals surface area (Å²) in [5, 5.41) is 2.36. The van der Waals surface area contributed by atoms with E-state index in [1.54, 1.807) is 61.4 Å². The van der Waals surface area contributed by atoms with E-state index in [0.717, 1.165) is 11.1 Å². The number of hydrogen-bond donors (Lipinski definition) is 1. The quantitative estimate of drug-likeness (QED) is 0.441. The van der Waals surface area contributed by atoms with Crippen molar-refractivity contribution in [1.29, 1.82) is 0 Å². The van der Waals surface area contributed by atoms with Crippen molar-refractivity contribution in [1.82, 2.24) is 0 Å². The van der Waals surface area contributed by atoms with Gasteiger partial charge in [0.25, 0.3) is 11.8 Å². The molecule has 0 bridgehead atoms. The van der Waals surface area contributed by atoms with E-state index < -0.39 is 5.38 Å². The van der Waals surface area contributed by atoms with E-state index in [9.17, 15) is 9.59 Å². The number of anilines is 2. The van der Waals surface area contributed by atoms with Crippen molar-refractivity contribution in [2.24, 2.45) is 0 Å². The lowest BCUT2D eigenvalue weighted by atomic mass is 9.99. The predicted molar refractivity (Wildman–Crippen MR) is 127 cm³/mol. The molecule has 1 aliphatic rings. The maximum absolute atomic E-state index is 13.3. The van der Waals surface area contributed by atoms with E-state index in [-0.39, 0.29) is 18.4 Å². The Kier molecular flexibility index (Phi) is 6.16. The highest BCUT2D eigenvalue weighted by Gasteiger charge is 2.31. The Morgan fingerprint density at radius 2 is 1.84 bits per heavy atom. The van der Waals surface area contributed by atoms with Crippen LogP contribution < -0.4 is 15.0 Å². The number of ether oxygens (including phenoxy) is 1. The molecule has 3 aromatic carbocycles. The third-order valence-electron chi connectivity index (χ3n) is 5.32. The summed E-state index contributed by atoms with van der Waals surface area (Å²) in [6.07, 6.45) is 0. The summed E-state index contributed by atoms with van der Waals surface area (Å²) < 4.78 is 5.14. The smallest absolute Gasteiger partial charge is 0.259 e. The van der Waals surface area contributed by atoms with Crippen LogP contribution in [-0.4, -0.2) is 25.5 Å². The van der Waals surface area contributed by atoms with E-state index in [1.165, 1.54) is 0 Å². The first-order chi connectivity index (χ1) is 15.5. The number of methoxy groups -OCH3 is 1. The van der Waals surface area contributed by atoms with Gasteiger partial charge in [0.2, 0.25) is 0 Å². The van der Waals surface area contributed by atoms with E-state index in [0.29, 0.717) is 28.3 Å². The van der Waals surface area contributed by atoms with Gasteiger partial charge in [-0.05, 0) is 61.0 Å². The van der Waals surface area contributed by atoms with Crippen LogP contribution in [0.2, 0.25) is 0 Å². The van der Waals surface area contributed by atoms with Crippen LogP contribution in [0.25, 0.3) is 0 Å². The monoisotopic (exact) mass is 444 g/mol. The SMILES string of the molecule is CC#CCN1C(=O)c2ccccc2C(Cl)c2cc(NC(=O)c3ccc(OC)cc3)ccc21. The van der Waals surface area contributed by atoms with Gasteiger partial charge in [0.05, 0.1) is 24.7 Å². The first-order valence-corrected chi connectivity index (χ1v) is 10.5. The minimum Gasteiger partial charge on any atom is -0.497 e. The number of alkyl halides is 1. The normalized spacial score (nSPS) is 14.4. The third kappa shape index (κ3) is 4.05. The van der Waals surface area contributed by atoms with Gasteiger partial charge in [-0.2, -0.15) is 0 Å². The van der Waals surface area contributed by atoms with Crippen molar-refractivity contribution in [3.63, 3.8) is 0 Å². The van der Waals surface area contributed by atoms with Gasteiger partial charge in [0, 0.05) is 22.4 Å². The van der Waals surface area contributed by atoms with Crippen LogP contribution in [0.1, 0.15) is 44.1 Å². The number of nitrogens with one attached hydrogen (secondary N) is 1. The zero-order valence-electron chi connectivity index (χ0n) is 17.7. The lowest BCUT2D eigenvalue weighted by molar-refractivity contribution is 0.0988. The second-order valence-electron chi connectivity index (χ2n) is 7.22. The predicted octanol–water partition coefficient (Wildman–Crippen LogP) is 5.26. The largest absolute Gasteiger partial charge is 0.497 e. The number of halogens is 1. The number of benzene rings is 3. The molecule has 1 unspecified atom stereocenters. The van der Waals surface area contributed by atoms with Crippen LogP contribution in [-0.2, 0) is 0 Å². The van der Waals surface area contributed by atoms with Crippen LogP contribution >= 0.6 is 11.6 Å². The van der Waals surface area contributed by atoms with Crippen LogP contribution in [0, 0.1) is 11.8 Å². The van der Waals surface area contributed by atoms with Crippen molar-refractivity contribution in [3.8, 4) is 17.6 Å². The fourth-order valence-electron chi connectivity index (χ4n) is 3.68. The maximum Gasteiger partial charge on any atom is 0.259 e. The first kappa shape index (κ1) is 21.5. The van der Waals surface area contributed by atoms with Crippen molar-refractivity contribution >= 4 is 34.8 Å². The van der Waals surface area contributed by atoms with E-state index in [2.05, 4.69) is 17.2 Å². The van der Waals surface area contributed by atoms with Crippen LogP contribution in [0.3, 0.4) is 0 Å². The van der Waals surface area contributed by atoms with Gasteiger partial charge < -0.3 is 10.1 Å². The Morgan fingerprint density at radius 3 is 2.56 bits per heavy atom. The molecule has 1 N–H and O–H groups in total. The molecule has 2 amide bonds. The number of carbonyl (C=O) groups excluding carboxylic acids is 2. The molecule has 0 fully saturated rings. The summed E-state index contributed by atoms with van der Waals surface area (Å²) in [5.41, 5.74) is 3.77. The lowest BCUT2D eigenvalue weighted by Crippen LogP contribution is -2.31. The molecule has 1 aliphatic heterocycles. The fourth-order valence-corrected chi connectivity index (χ4v) is 4.04. The molecule has 5 nitrogen and oxygen atoms in total. The van der Waals surface area contributed by atoms with E-state index in [4.69, 9.17) is 16.3 Å². The molecule has 1 heterocycles. The maximum atomic E-state index is 13.3. The minimum atomic E-state index is -0.553. The molecule has 0 saturated carbocycles. The third-order valence-corrected chi connectivity index (χ3v) is 5.79. The van der Waals surface area contributed by atoms with Gasteiger partial charge >= 0.3 is 0 Å². The second kappa shape index (κ2) is 9.17. The van der Waals surface area contributed by atoms with Gasteiger partial charge in [-0.1, -0.05) is 24.1 Å².